The molecule has 3 aromatic rings. The first kappa shape index (κ1) is 22.1. The first-order valence-corrected chi connectivity index (χ1v) is 10.9. The number of nitrogens with zero attached hydrogens (tertiary/aromatic N) is 1. The van der Waals surface area contributed by atoms with E-state index < -0.39 is 0 Å². The molecule has 0 aliphatic carbocycles. The zero-order valence-corrected chi connectivity index (χ0v) is 19.1. The Morgan fingerprint density at radius 2 is 1.33 bits per heavy atom. The minimum absolute atomic E-state index is 0.0714. The number of anilines is 1. The first-order chi connectivity index (χ1) is 14.4. The van der Waals surface area contributed by atoms with E-state index in [4.69, 9.17) is 4.74 Å². The molecule has 0 spiro atoms. The summed E-state index contributed by atoms with van der Waals surface area (Å²) in [6, 6.07) is 28.4. The topological polar surface area (TPSA) is 12.5 Å². The smallest absolute Gasteiger partial charge is 0.0819 e. The van der Waals surface area contributed by atoms with Crippen LogP contribution in [0.4, 0.5) is 5.69 Å². The molecule has 3 rings (SSSR count). The Balaban J connectivity index is 2.06. The van der Waals surface area contributed by atoms with Gasteiger partial charge in [0.25, 0.3) is 0 Å². The molecule has 0 bridgehead atoms. The Bertz CT molecular complexity index is 867. The van der Waals surface area contributed by atoms with Gasteiger partial charge in [0.15, 0.2) is 0 Å². The Labute approximate surface area is 182 Å². The molecule has 3 aromatic carbocycles. The Morgan fingerprint density at radius 1 is 0.800 bits per heavy atom. The zero-order chi connectivity index (χ0) is 21.6. The molecular formula is C28H35NO. The largest absolute Gasteiger partial charge is 0.377 e. The standard InChI is InChI=1S/C28H35NO/c1-6-27(30-5)24-17-25(28(2,3)4)19-26(18-24)29(20-22-13-9-7-10-14-22)21-23-15-11-8-12-16-23/h7-19,27H,6,20-21H2,1-5H3. The van der Waals surface area contributed by atoms with Gasteiger partial charge in [-0.25, -0.2) is 0 Å². The number of ether oxygens (including phenoxy) is 1. The van der Waals surface area contributed by atoms with Gasteiger partial charge in [-0.1, -0.05) is 94.4 Å². The van der Waals surface area contributed by atoms with Gasteiger partial charge in [-0.3, -0.25) is 0 Å². The summed E-state index contributed by atoms with van der Waals surface area (Å²) in [6.45, 7) is 10.8. The van der Waals surface area contributed by atoms with Crippen LogP contribution in [-0.4, -0.2) is 7.11 Å². The van der Waals surface area contributed by atoms with Crippen LogP contribution in [0.2, 0.25) is 0 Å². The predicted octanol–water partition coefficient (Wildman–Crippen LogP) is 7.29. The molecule has 2 heteroatoms. The van der Waals surface area contributed by atoms with Gasteiger partial charge < -0.3 is 9.64 Å². The fourth-order valence-electron chi connectivity index (χ4n) is 3.82. The summed E-state index contributed by atoms with van der Waals surface area (Å²) in [5.41, 5.74) is 6.55. The van der Waals surface area contributed by atoms with Crippen LogP contribution in [-0.2, 0) is 23.2 Å². The maximum absolute atomic E-state index is 5.81. The van der Waals surface area contributed by atoms with E-state index in [0.29, 0.717) is 0 Å². The highest BCUT2D eigenvalue weighted by Crippen LogP contribution is 2.33. The highest BCUT2D eigenvalue weighted by atomic mass is 16.5. The van der Waals surface area contributed by atoms with Crippen molar-refractivity contribution < 1.29 is 4.74 Å². The SMILES string of the molecule is CCC(OC)c1cc(N(Cc2ccccc2)Cc2ccccc2)cc(C(C)(C)C)c1. The second-order valence-electron chi connectivity index (χ2n) is 9.02. The van der Waals surface area contributed by atoms with E-state index >= 15 is 0 Å². The van der Waals surface area contributed by atoms with Crippen molar-refractivity contribution in [1.82, 2.24) is 0 Å². The van der Waals surface area contributed by atoms with E-state index in [2.05, 4.69) is 111 Å². The number of methoxy groups -OCH3 is 1. The molecule has 0 aromatic heterocycles. The van der Waals surface area contributed by atoms with Gasteiger partial charge in [0, 0.05) is 25.9 Å². The van der Waals surface area contributed by atoms with Crippen LogP contribution < -0.4 is 4.90 Å². The van der Waals surface area contributed by atoms with E-state index in [9.17, 15) is 0 Å². The molecular weight excluding hydrogens is 366 g/mol. The lowest BCUT2D eigenvalue weighted by Crippen LogP contribution is -2.23. The zero-order valence-electron chi connectivity index (χ0n) is 19.1. The van der Waals surface area contributed by atoms with Crippen molar-refractivity contribution in [3.63, 3.8) is 0 Å². The van der Waals surface area contributed by atoms with Crippen molar-refractivity contribution >= 4 is 5.69 Å². The minimum Gasteiger partial charge on any atom is -0.377 e. The highest BCUT2D eigenvalue weighted by molar-refractivity contribution is 5.54. The summed E-state index contributed by atoms with van der Waals surface area (Å²) >= 11 is 0. The van der Waals surface area contributed by atoms with Crippen molar-refractivity contribution in [2.75, 3.05) is 12.0 Å². The minimum atomic E-state index is 0.0714. The molecule has 0 saturated heterocycles. The van der Waals surface area contributed by atoms with Crippen molar-refractivity contribution in [1.29, 1.82) is 0 Å². The third kappa shape index (κ3) is 5.73. The Kier molecular flexibility index (Phi) is 7.33. The van der Waals surface area contributed by atoms with E-state index in [1.54, 1.807) is 0 Å². The van der Waals surface area contributed by atoms with E-state index in [1.807, 2.05) is 7.11 Å². The molecule has 0 aliphatic heterocycles. The van der Waals surface area contributed by atoms with Crippen LogP contribution in [0.5, 0.6) is 0 Å². The van der Waals surface area contributed by atoms with Crippen LogP contribution in [0.3, 0.4) is 0 Å². The van der Waals surface area contributed by atoms with Gasteiger partial charge in [0.1, 0.15) is 0 Å². The van der Waals surface area contributed by atoms with E-state index in [1.165, 1.54) is 27.9 Å². The molecule has 2 nitrogen and oxygen atoms in total. The monoisotopic (exact) mass is 401 g/mol. The normalized spacial score (nSPS) is 12.6. The molecule has 0 aliphatic rings. The van der Waals surface area contributed by atoms with Gasteiger partial charge in [0.2, 0.25) is 0 Å². The van der Waals surface area contributed by atoms with Crippen molar-refractivity contribution in [3.05, 3.63) is 101 Å². The van der Waals surface area contributed by atoms with Gasteiger partial charge in [-0.05, 0) is 46.2 Å². The maximum Gasteiger partial charge on any atom is 0.0819 e. The lowest BCUT2D eigenvalue weighted by molar-refractivity contribution is 0.0999. The molecule has 0 heterocycles. The summed E-state index contributed by atoms with van der Waals surface area (Å²) in [6.07, 6.45) is 1.07. The summed E-state index contributed by atoms with van der Waals surface area (Å²) in [5, 5.41) is 0. The number of rotatable bonds is 8. The molecule has 0 N–H and O–H groups in total. The van der Waals surface area contributed by atoms with Crippen LogP contribution in [0.25, 0.3) is 0 Å². The molecule has 0 saturated carbocycles. The van der Waals surface area contributed by atoms with Crippen LogP contribution in [0.15, 0.2) is 78.9 Å². The van der Waals surface area contributed by atoms with Crippen molar-refractivity contribution in [2.24, 2.45) is 0 Å². The fraction of sp³-hybridized carbons (Fsp3) is 0.357. The van der Waals surface area contributed by atoms with E-state index in [-0.39, 0.29) is 11.5 Å². The van der Waals surface area contributed by atoms with Gasteiger partial charge in [0.05, 0.1) is 6.10 Å². The Hall–Kier alpha value is -2.58. The van der Waals surface area contributed by atoms with E-state index in [0.717, 1.165) is 19.5 Å². The maximum atomic E-state index is 5.81. The third-order valence-corrected chi connectivity index (χ3v) is 5.63. The van der Waals surface area contributed by atoms with Crippen LogP contribution in [0, 0.1) is 0 Å². The quantitative estimate of drug-likeness (QED) is 0.393. The molecule has 30 heavy (non-hydrogen) atoms. The molecule has 1 unspecified atom stereocenters. The average molecular weight is 402 g/mol. The number of hydrogen-bond acceptors (Lipinski definition) is 2. The molecule has 0 amide bonds. The van der Waals surface area contributed by atoms with Crippen LogP contribution >= 0.6 is 0 Å². The molecule has 0 radical (unpaired) electrons. The summed E-state index contributed by atoms with van der Waals surface area (Å²) in [5.74, 6) is 0. The highest BCUT2D eigenvalue weighted by Gasteiger charge is 2.20. The summed E-state index contributed by atoms with van der Waals surface area (Å²) in [7, 11) is 1.81. The summed E-state index contributed by atoms with van der Waals surface area (Å²) < 4.78 is 5.81. The Morgan fingerprint density at radius 3 is 1.77 bits per heavy atom. The third-order valence-electron chi connectivity index (χ3n) is 5.63. The second-order valence-corrected chi connectivity index (χ2v) is 9.02. The second kappa shape index (κ2) is 9.95. The predicted molar refractivity (Wildman–Crippen MR) is 128 cm³/mol. The lowest BCUT2D eigenvalue weighted by Gasteiger charge is -2.30. The van der Waals surface area contributed by atoms with Gasteiger partial charge >= 0.3 is 0 Å². The van der Waals surface area contributed by atoms with Crippen molar-refractivity contribution in [2.45, 2.75) is 58.7 Å². The average Bonchev–Trinajstić information content (AvgIpc) is 2.75. The first-order valence-electron chi connectivity index (χ1n) is 10.9. The van der Waals surface area contributed by atoms with Gasteiger partial charge in [-0.2, -0.15) is 0 Å². The number of hydrogen-bond donors (Lipinski definition) is 0. The number of benzene rings is 3. The van der Waals surface area contributed by atoms with Crippen molar-refractivity contribution in [3.8, 4) is 0 Å². The summed E-state index contributed by atoms with van der Waals surface area (Å²) in [4.78, 5) is 2.48. The molecule has 1 atom stereocenters. The van der Waals surface area contributed by atoms with Crippen LogP contribution in [0.1, 0.15) is 62.5 Å². The lowest BCUT2D eigenvalue weighted by atomic mass is 9.84. The molecule has 0 fully saturated rings. The van der Waals surface area contributed by atoms with Gasteiger partial charge in [-0.15, -0.1) is 0 Å². The fourth-order valence-corrected chi connectivity index (χ4v) is 3.82. The molecule has 158 valence electrons.